The summed E-state index contributed by atoms with van der Waals surface area (Å²) in [5, 5.41) is 1.32. The summed E-state index contributed by atoms with van der Waals surface area (Å²) in [6.45, 7) is 8.00. The normalized spacial score (nSPS) is 14.5. The summed E-state index contributed by atoms with van der Waals surface area (Å²) >= 11 is 0. The molecule has 0 aliphatic carbocycles. The highest BCUT2D eigenvalue weighted by Crippen LogP contribution is 2.35. The number of hydrogen-bond donors (Lipinski definition) is 0. The molecule has 0 saturated heterocycles. The minimum atomic E-state index is 0.327. The van der Waals surface area contributed by atoms with Crippen LogP contribution >= 0.6 is 0 Å². The molecule has 1 unspecified atom stereocenters. The summed E-state index contributed by atoms with van der Waals surface area (Å²) in [5.41, 5.74) is 3.97. The lowest BCUT2D eigenvalue weighted by Gasteiger charge is -2.15. The second-order valence-corrected chi connectivity index (χ2v) is 6.95. The smallest absolute Gasteiger partial charge is 0.231 e. The molecule has 124 valence electrons. The summed E-state index contributed by atoms with van der Waals surface area (Å²) in [7, 11) is 0. The molecule has 0 bridgehead atoms. The number of aromatic nitrogens is 1. The van der Waals surface area contributed by atoms with Crippen molar-refractivity contribution in [3.05, 3.63) is 59.8 Å². The number of fused-ring (bicyclic) bond motifs is 2. The van der Waals surface area contributed by atoms with Gasteiger partial charge in [0.25, 0.3) is 0 Å². The molecule has 0 amide bonds. The molecule has 2 heterocycles. The van der Waals surface area contributed by atoms with Gasteiger partial charge in [0.15, 0.2) is 11.5 Å². The van der Waals surface area contributed by atoms with E-state index in [9.17, 15) is 0 Å². The third-order valence-electron chi connectivity index (χ3n) is 4.90. The summed E-state index contributed by atoms with van der Waals surface area (Å²) in [5.74, 6) is 2.67. The Bertz CT molecular complexity index is 879. The molecular weight excluding hydrogens is 298 g/mol. The van der Waals surface area contributed by atoms with Crippen molar-refractivity contribution in [1.29, 1.82) is 0 Å². The van der Waals surface area contributed by atoms with E-state index in [4.69, 9.17) is 9.47 Å². The van der Waals surface area contributed by atoms with Crippen molar-refractivity contribution in [2.24, 2.45) is 0 Å². The zero-order valence-corrected chi connectivity index (χ0v) is 14.5. The maximum Gasteiger partial charge on any atom is 0.231 e. The molecule has 24 heavy (non-hydrogen) atoms. The van der Waals surface area contributed by atoms with Crippen LogP contribution in [0.15, 0.2) is 48.7 Å². The average Bonchev–Trinajstić information content (AvgIpc) is 3.20. The van der Waals surface area contributed by atoms with Crippen molar-refractivity contribution in [2.75, 3.05) is 6.79 Å². The van der Waals surface area contributed by atoms with Crippen LogP contribution in [0.2, 0.25) is 0 Å². The van der Waals surface area contributed by atoms with Gasteiger partial charge < -0.3 is 14.0 Å². The molecule has 0 fully saturated rings. The van der Waals surface area contributed by atoms with Crippen LogP contribution in [-0.4, -0.2) is 11.4 Å². The van der Waals surface area contributed by atoms with Crippen molar-refractivity contribution in [3.8, 4) is 11.5 Å². The van der Waals surface area contributed by atoms with E-state index < -0.39 is 0 Å². The molecule has 0 radical (unpaired) electrons. The highest BCUT2D eigenvalue weighted by Gasteiger charge is 2.16. The second-order valence-electron chi connectivity index (χ2n) is 6.95. The van der Waals surface area contributed by atoms with E-state index in [-0.39, 0.29) is 0 Å². The van der Waals surface area contributed by atoms with E-state index in [1.54, 1.807) is 0 Å². The van der Waals surface area contributed by atoms with Crippen LogP contribution in [0.3, 0.4) is 0 Å². The Balaban J connectivity index is 1.59. The first-order valence-electron chi connectivity index (χ1n) is 8.60. The highest BCUT2D eigenvalue weighted by molar-refractivity contribution is 5.81. The highest BCUT2D eigenvalue weighted by atomic mass is 16.7. The van der Waals surface area contributed by atoms with E-state index in [0.29, 0.717) is 18.6 Å². The van der Waals surface area contributed by atoms with E-state index in [1.165, 1.54) is 22.0 Å². The first kappa shape index (κ1) is 15.1. The molecule has 3 heteroatoms. The van der Waals surface area contributed by atoms with Gasteiger partial charge in [-0.15, -0.1) is 0 Å². The fraction of sp³-hybridized carbons (Fsp3) is 0.333. The molecule has 1 aliphatic heterocycles. The van der Waals surface area contributed by atoms with Gasteiger partial charge in [-0.05, 0) is 58.7 Å². The van der Waals surface area contributed by atoms with E-state index >= 15 is 0 Å². The second kappa shape index (κ2) is 5.90. The first-order chi connectivity index (χ1) is 11.6. The fourth-order valence-electron chi connectivity index (χ4n) is 3.36. The Morgan fingerprint density at radius 3 is 2.54 bits per heavy atom. The van der Waals surface area contributed by atoms with Gasteiger partial charge in [0.2, 0.25) is 6.79 Å². The van der Waals surface area contributed by atoms with Gasteiger partial charge in [-0.3, -0.25) is 0 Å². The summed E-state index contributed by atoms with van der Waals surface area (Å²) in [6, 6.07) is 15.3. The largest absolute Gasteiger partial charge is 0.454 e. The van der Waals surface area contributed by atoms with Crippen LogP contribution in [-0.2, 0) is 6.54 Å². The van der Waals surface area contributed by atoms with Crippen molar-refractivity contribution in [3.63, 3.8) is 0 Å². The Morgan fingerprint density at radius 2 is 1.71 bits per heavy atom. The monoisotopic (exact) mass is 321 g/mol. The number of rotatable bonds is 4. The van der Waals surface area contributed by atoms with Gasteiger partial charge in [0.1, 0.15) is 0 Å². The van der Waals surface area contributed by atoms with E-state index in [2.05, 4.69) is 67.9 Å². The van der Waals surface area contributed by atoms with Gasteiger partial charge in [-0.2, -0.15) is 0 Å². The zero-order valence-electron chi connectivity index (χ0n) is 14.5. The number of nitrogens with zero attached hydrogens (tertiary/aromatic N) is 1. The molecule has 0 spiro atoms. The van der Waals surface area contributed by atoms with E-state index in [1.807, 2.05) is 6.07 Å². The van der Waals surface area contributed by atoms with Crippen molar-refractivity contribution >= 4 is 10.9 Å². The van der Waals surface area contributed by atoms with Crippen LogP contribution in [0, 0.1) is 0 Å². The molecular formula is C21H23NO2. The SMILES string of the molecule is CC(C)c1ccc2c(ccn2CC(C)c2ccc3c(c2)OCO3)c1. The van der Waals surface area contributed by atoms with Gasteiger partial charge >= 0.3 is 0 Å². The summed E-state index contributed by atoms with van der Waals surface area (Å²) < 4.78 is 13.2. The van der Waals surface area contributed by atoms with Crippen molar-refractivity contribution in [2.45, 2.75) is 39.2 Å². The lowest BCUT2D eigenvalue weighted by Crippen LogP contribution is -2.05. The quantitative estimate of drug-likeness (QED) is 0.651. The third kappa shape index (κ3) is 2.64. The molecule has 3 aromatic rings. The van der Waals surface area contributed by atoms with Crippen molar-refractivity contribution < 1.29 is 9.47 Å². The van der Waals surface area contributed by atoms with Gasteiger partial charge in [0.05, 0.1) is 0 Å². The lowest BCUT2D eigenvalue weighted by molar-refractivity contribution is 0.174. The summed E-state index contributed by atoms with van der Waals surface area (Å²) in [6.07, 6.45) is 2.19. The topological polar surface area (TPSA) is 23.4 Å². The number of ether oxygens (including phenoxy) is 2. The molecule has 3 nitrogen and oxygen atoms in total. The van der Waals surface area contributed by atoms with Crippen LogP contribution in [0.5, 0.6) is 11.5 Å². The third-order valence-corrected chi connectivity index (χ3v) is 4.90. The van der Waals surface area contributed by atoms with Crippen LogP contribution < -0.4 is 9.47 Å². The Morgan fingerprint density at radius 1 is 0.917 bits per heavy atom. The minimum absolute atomic E-state index is 0.327. The molecule has 1 aromatic heterocycles. The van der Waals surface area contributed by atoms with Crippen molar-refractivity contribution in [1.82, 2.24) is 4.57 Å². The maximum absolute atomic E-state index is 5.50. The predicted octanol–water partition coefficient (Wildman–Crippen LogP) is 5.30. The molecule has 0 N–H and O–H groups in total. The number of hydrogen-bond acceptors (Lipinski definition) is 2. The first-order valence-corrected chi connectivity index (χ1v) is 8.60. The standard InChI is InChI=1S/C21H23NO2/c1-14(2)16-4-6-19-18(10-16)8-9-22(19)12-15(3)17-5-7-20-21(11-17)24-13-23-20/h4-11,14-15H,12-13H2,1-3H3. The maximum atomic E-state index is 5.50. The molecule has 1 atom stereocenters. The molecule has 4 rings (SSSR count). The van der Waals surface area contributed by atoms with Gasteiger partial charge in [-0.25, -0.2) is 0 Å². The van der Waals surface area contributed by atoms with Crippen LogP contribution in [0.25, 0.3) is 10.9 Å². The van der Waals surface area contributed by atoms with Crippen LogP contribution in [0.1, 0.15) is 43.7 Å². The van der Waals surface area contributed by atoms with Crippen LogP contribution in [0.4, 0.5) is 0 Å². The Labute approximate surface area is 142 Å². The lowest BCUT2D eigenvalue weighted by atomic mass is 10.00. The van der Waals surface area contributed by atoms with Gasteiger partial charge in [-0.1, -0.05) is 32.9 Å². The fourth-order valence-corrected chi connectivity index (χ4v) is 3.36. The van der Waals surface area contributed by atoms with Gasteiger partial charge in [0, 0.05) is 18.3 Å². The molecule has 0 saturated carbocycles. The minimum Gasteiger partial charge on any atom is -0.454 e. The zero-order chi connectivity index (χ0) is 16.7. The Kier molecular flexibility index (Phi) is 3.72. The molecule has 2 aromatic carbocycles. The Hall–Kier alpha value is -2.42. The summed E-state index contributed by atoms with van der Waals surface area (Å²) in [4.78, 5) is 0. The average molecular weight is 321 g/mol. The van der Waals surface area contributed by atoms with E-state index in [0.717, 1.165) is 18.0 Å². The molecule has 1 aliphatic rings. The number of benzene rings is 2. The predicted molar refractivity (Wildman–Crippen MR) is 97.0 cm³/mol.